The Morgan fingerprint density at radius 2 is 2.31 bits per heavy atom. The van der Waals surface area contributed by atoms with E-state index in [1.807, 2.05) is 7.05 Å². The first-order valence-corrected chi connectivity index (χ1v) is 5.99. The number of carbonyl (C=O) groups excluding carboxylic acids is 1. The Balaban J connectivity index is 2.16. The van der Waals surface area contributed by atoms with Gasteiger partial charge in [0.05, 0.1) is 6.10 Å². The molecule has 1 rings (SSSR count). The van der Waals surface area contributed by atoms with Gasteiger partial charge < -0.3 is 20.7 Å². The fourth-order valence-corrected chi connectivity index (χ4v) is 1.71. The van der Waals surface area contributed by atoms with Crippen LogP contribution in [0.1, 0.15) is 19.8 Å². The molecule has 1 aliphatic heterocycles. The van der Waals surface area contributed by atoms with Crippen molar-refractivity contribution in [3.8, 4) is 0 Å². The lowest BCUT2D eigenvalue weighted by atomic mass is 10.2. The number of rotatable bonds is 6. The molecule has 0 aromatic carbocycles. The minimum Gasteiger partial charge on any atom is -0.364 e. The normalized spacial score (nSPS) is 25.0. The summed E-state index contributed by atoms with van der Waals surface area (Å²) in [4.78, 5) is 13.8. The summed E-state index contributed by atoms with van der Waals surface area (Å²) in [6.45, 7) is 5.13. The Morgan fingerprint density at radius 3 is 2.88 bits per heavy atom. The predicted molar refractivity (Wildman–Crippen MR) is 63.1 cm³/mol. The van der Waals surface area contributed by atoms with Crippen molar-refractivity contribution < 1.29 is 9.53 Å². The highest BCUT2D eigenvalue weighted by atomic mass is 16.5. The summed E-state index contributed by atoms with van der Waals surface area (Å²) in [7, 11) is 2.03. The summed E-state index contributed by atoms with van der Waals surface area (Å²) in [5.74, 6) is 0.000420. The van der Waals surface area contributed by atoms with Crippen LogP contribution in [0, 0.1) is 0 Å². The van der Waals surface area contributed by atoms with Crippen molar-refractivity contribution in [1.82, 2.24) is 10.2 Å². The summed E-state index contributed by atoms with van der Waals surface area (Å²) in [5.41, 5.74) is 5.49. The van der Waals surface area contributed by atoms with Crippen molar-refractivity contribution in [3.63, 3.8) is 0 Å². The van der Waals surface area contributed by atoms with Crippen LogP contribution >= 0.6 is 0 Å². The molecule has 5 heteroatoms. The number of nitrogens with zero attached hydrogens (tertiary/aromatic N) is 1. The third-order valence-electron chi connectivity index (χ3n) is 3.00. The topological polar surface area (TPSA) is 67.6 Å². The van der Waals surface area contributed by atoms with E-state index in [-0.39, 0.29) is 18.1 Å². The van der Waals surface area contributed by atoms with Crippen LogP contribution in [-0.4, -0.2) is 56.2 Å². The molecule has 0 aromatic heterocycles. The van der Waals surface area contributed by atoms with E-state index in [0.717, 1.165) is 25.9 Å². The zero-order valence-corrected chi connectivity index (χ0v) is 10.2. The maximum atomic E-state index is 11.7. The summed E-state index contributed by atoms with van der Waals surface area (Å²) in [6.07, 6.45) is 1.45. The molecule has 1 aliphatic rings. The zero-order chi connectivity index (χ0) is 12.0. The van der Waals surface area contributed by atoms with E-state index < -0.39 is 0 Å². The third-order valence-corrected chi connectivity index (χ3v) is 3.00. The van der Waals surface area contributed by atoms with E-state index in [2.05, 4.69) is 17.1 Å². The molecule has 16 heavy (non-hydrogen) atoms. The molecule has 0 unspecified atom stereocenters. The molecular formula is C11H23N3O2. The van der Waals surface area contributed by atoms with Gasteiger partial charge in [-0.05, 0) is 26.4 Å². The number of nitrogens with two attached hydrogens (primary N) is 1. The van der Waals surface area contributed by atoms with Gasteiger partial charge in [0.15, 0.2) is 0 Å². The first-order chi connectivity index (χ1) is 7.67. The number of amides is 1. The summed E-state index contributed by atoms with van der Waals surface area (Å²) >= 11 is 0. The number of hydrogen-bond donors (Lipinski definition) is 2. The quantitative estimate of drug-likeness (QED) is 0.648. The van der Waals surface area contributed by atoms with Gasteiger partial charge in [-0.2, -0.15) is 0 Å². The molecule has 1 fully saturated rings. The van der Waals surface area contributed by atoms with Gasteiger partial charge in [0.25, 0.3) is 0 Å². The van der Waals surface area contributed by atoms with Crippen molar-refractivity contribution in [3.05, 3.63) is 0 Å². The number of carbonyl (C=O) groups is 1. The van der Waals surface area contributed by atoms with Crippen LogP contribution in [-0.2, 0) is 9.53 Å². The van der Waals surface area contributed by atoms with Gasteiger partial charge in [-0.25, -0.2) is 0 Å². The third kappa shape index (κ3) is 4.08. The van der Waals surface area contributed by atoms with Gasteiger partial charge in [0.2, 0.25) is 5.91 Å². The van der Waals surface area contributed by atoms with E-state index in [0.29, 0.717) is 13.1 Å². The van der Waals surface area contributed by atoms with Crippen molar-refractivity contribution in [1.29, 1.82) is 0 Å². The second kappa shape index (κ2) is 6.83. The predicted octanol–water partition coefficient (Wildman–Crippen LogP) is -0.439. The molecule has 0 aromatic rings. The molecule has 94 valence electrons. The molecule has 0 aliphatic carbocycles. The van der Waals surface area contributed by atoms with Crippen LogP contribution < -0.4 is 11.1 Å². The zero-order valence-electron chi connectivity index (χ0n) is 10.2. The highest BCUT2D eigenvalue weighted by molar-refractivity contribution is 5.81. The van der Waals surface area contributed by atoms with Gasteiger partial charge in [-0.1, -0.05) is 6.92 Å². The number of hydrogen-bond acceptors (Lipinski definition) is 4. The maximum Gasteiger partial charge on any atom is 0.249 e. The van der Waals surface area contributed by atoms with Gasteiger partial charge in [-0.3, -0.25) is 4.79 Å². The van der Waals surface area contributed by atoms with Crippen LogP contribution in [0.5, 0.6) is 0 Å². The molecule has 0 bridgehead atoms. The Hall–Kier alpha value is -0.650. The van der Waals surface area contributed by atoms with Crippen molar-refractivity contribution in [2.75, 3.05) is 33.2 Å². The Labute approximate surface area is 97.3 Å². The highest BCUT2D eigenvalue weighted by Gasteiger charge is 2.29. The van der Waals surface area contributed by atoms with Gasteiger partial charge in [0.1, 0.15) is 6.10 Å². The first-order valence-electron chi connectivity index (χ1n) is 5.99. The molecule has 1 heterocycles. The Bertz CT molecular complexity index is 223. The highest BCUT2D eigenvalue weighted by Crippen LogP contribution is 2.18. The van der Waals surface area contributed by atoms with Gasteiger partial charge in [0, 0.05) is 19.6 Å². The molecule has 2 atom stereocenters. The van der Waals surface area contributed by atoms with E-state index in [4.69, 9.17) is 10.5 Å². The lowest BCUT2D eigenvalue weighted by Crippen LogP contribution is -2.39. The Kier molecular flexibility index (Phi) is 5.73. The number of nitrogens with one attached hydrogen (secondary N) is 1. The maximum absolute atomic E-state index is 11.7. The monoisotopic (exact) mass is 229 g/mol. The van der Waals surface area contributed by atoms with Crippen LogP contribution in [0.4, 0.5) is 0 Å². The first kappa shape index (κ1) is 13.4. The van der Waals surface area contributed by atoms with E-state index in [9.17, 15) is 4.79 Å². The molecule has 5 nitrogen and oxygen atoms in total. The van der Waals surface area contributed by atoms with Crippen LogP contribution in [0.2, 0.25) is 0 Å². The van der Waals surface area contributed by atoms with Gasteiger partial charge >= 0.3 is 0 Å². The Morgan fingerprint density at radius 1 is 1.56 bits per heavy atom. The van der Waals surface area contributed by atoms with Crippen molar-refractivity contribution in [2.45, 2.75) is 32.0 Å². The fraction of sp³-hybridized carbons (Fsp3) is 0.909. The average Bonchev–Trinajstić information content (AvgIpc) is 2.77. The molecule has 1 saturated heterocycles. The minimum atomic E-state index is -0.291. The van der Waals surface area contributed by atoms with Crippen molar-refractivity contribution in [2.24, 2.45) is 5.73 Å². The smallest absolute Gasteiger partial charge is 0.249 e. The second-order valence-electron chi connectivity index (χ2n) is 4.25. The average molecular weight is 229 g/mol. The SMILES string of the molecule is CCN(C)CCNC(=O)[C@@H]1CC[C@H](CN)O1. The van der Waals surface area contributed by atoms with Crippen LogP contribution in [0.15, 0.2) is 0 Å². The summed E-state index contributed by atoms with van der Waals surface area (Å²) in [6, 6.07) is 0. The summed E-state index contributed by atoms with van der Waals surface area (Å²) < 4.78 is 5.51. The van der Waals surface area contributed by atoms with Crippen molar-refractivity contribution >= 4 is 5.91 Å². The summed E-state index contributed by atoms with van der Waals surface area (Å²) in [5, 5.41) is 2.89. The standard InChI is InChI=1S/C11H23N3O2/c1-3-14(2)7-6-13-11(15)10-5-4-9(8-12)16-10/h9-10H,3-8,12H2,1-2H3,(H,13,15)/t9-,10+/m1/s1. The molecule has 0 saturated carbocycles. The second-order valence-corrected chi connectivity index (χ2v) is 4.25. The lowest BCUT2D eigenvalue weighted by molar-refractivity contribution is -0.131. The van der Waals surface area contributed by atoms with Crippen LogP contribution in [0.25, 0.3) is 0 Å². The molecule has 1 amide bonds. The number of likely N-dealkylation sites (N-methyl/N-ethyl adjacent to an activating group) is 1. The molecule has 0 spiro atoms. The fourth-order valence-electron chi connectivity index (χ4n) is 1.71. The lowest BCUT2D eigenvalue weighted by Gasteiger charge is -2.16. The van der Waals surface area contributed by atoms with Gasteiger partial charge in [-0.15, -0.1) is 0 Å². The number of ether oxygens (including phenoxy) is 1. The molecule has 3 N–H and O–H groups in total. The minimum absolute atomic E-state index is 0.000420. The van der Waals surface area contributed by atoms with E-state index in [1.165, 1.54) is 0 Å². The largest absolute Gasteiger partial charge is 0.364 e. The molecular weight excluding hydrogens is 206 g/mol. The van der Waals surface area contributed by atoms with Crippen LogP contribution in [0.3, 0.4) is 0 Å². The van der Waals surface area contributed by atoms with E-state index in [1.54, 1.807) is 0 Å². The molecule has 0 radical (unpaired) electrons. The van der Waals surface area contributed by atoms with E-state index >= 15 is 0 Å².